The largest absolute Gasteiger partial charge is 0.523 e. The zero-order valence-corrected chi connectivity index (χ0v) is 24.1. The van der Waals surface area contributed by atoms with Gasteiger partial charge in [0.05, 0.1) is 18.7 Å². The highest BCUT2D eigenvalue weighted by Crippen LogP contribution is 2.50. The summed E-state index contributed by atoms with van der Waals surface area (Å²) in [6.45, 7) is 15.3. The molecule has 0 aromatic heterocycles. The molecule has 35 heavy (non-hydrogen) atoms. The first-order valence-corrected chi connectivity index (χ1v) is 17.2. The molecule has 3 saturated heterocycles. The highest BCUT2D eigenvalue weighted by Gasteiger charge is 2.66. The minimum absolute atomic E-state index is 0.0295. The highest BCUT2D eigenvalue weighted by atomic mass is 32.2. The third-order valence-corrected chi connectivity index (χ3v) is 18.5. The SMILES string of the molecule is CC(C)[Si]1(C(C)C)O[C@@H]2[C@H](CN3C(=O)OCC3[C@H]2OS(=O)(=O)C(F)(F)F)O[Si](C(C)C)(C(C)C)O1. The fraction of sp³-hybridized carbons (Fsp3) is 0.950. The maximum absolute atomic E-state index is 13.4. The fourth-order valence-corrected chi connectivity index (χ4v) is 17.3. The van der Waals surface area contributed by atoms with Crippen molar-refractivity contribution in [2.24, 2.45) is 0 Å². The normalized spacial score (nSPS) is 31.1. The maximum atomic E-state index is 13.4. The van der Waals surface area contributed by atoms with E-state index >= 15 is 0 Å². The van der Waals surface area contributed by atoms with Gasteiger partial charge in [-0.25, -0.2) is 4.79 Å². The van der Waals surface area contributed by atoms with Gasteiger partial charge in [0.2, 0.25) is 0 Å². The average Bonchev–Trinajstić information content (AvgIpc) is 2.97. The van der Waals surface area contributed by atoms with E-state index < -0.39 is 63.2 Å². The summed E-state index contributed by atoms with van der Waals surface area (Å²) >= 11 is 0. The summed E-state index contributed by atoms with van der Waals surface area (Å²) < 4.78 is 94.5. The van der Waals surface area contributed by atoms with Crippen molar-refractivity contribution in [3.05, 3.63) is 0 Å². The summed E-state index contributed by atoms with van der Waals surface area (Å²) in [6, 6.07) is -1.08. The first-order valence-electron chi connectivity index (χ1n) is 11.9. The molecule has 3 heterocycles. The van der Waals surface area contributed by atoms with Crippen LogP contribution in [0.2, 0.25) is 22.2 Å². The second-order valence-corrected chi connectivity index (χ2v) is 21.0. The second-order valence-electron chi connectivity index (χ2n) is 10.7. The zero-order chi connectivity index (χ0) is 26.7. The monoisotopic (exact) mass is 563 g/mol. The summed E-state index contributed by atoms with van der Waals surface area (Å²) in [5.74, 6) is 0. The molecular formula is C20H36F3NO8SSi2. The van der Waals surface area contributed by atoms with E-state index in [1.54, 1.807) is 0 Å². The van der Waals surface area contributed by atoms with Gasteiger partial charge >= 0.3 is 38.8 Å². The van der Waals surface area contributed by atoms with Gasteiger partial charge in [0.25, 0.3) is 0 Å². The van der Waals surface area contributed by atoms with Crippen molar-refractivity contribution in [3.63, 3.8) is 0 Å². The van der Waals surface area contributed by atoms with Gasteiger partial charge in [-0.2, -0.15) is 21.6 Å². The Kier molecular flexibility index (Phi) is 7.87. The van der Waals surface area contributed by atoms with Crippen molar-refractivity contribution in [2.45, 2.75) is 107 Å². The van der Waals surface area contributed by atoms with Crippen molar-refractivity contribution in [1.29, 1.82) is 0 Å². The number of hydrogen-bond acceptors (Lipinski definition) is 8. The highest BCUT2D eigenvalue weighted by molar-refractivity contribution is 7.87. The number of nitrogens with zero attached hydrogens (tertiary/aromatic N) is 1. The number of alkyl halides is 3. The van der Waals surface area contributed by atoms with Crippen molar-refractivity contribution < 1.29 is 48.3 Å². The Morgan fingerprint density at radius 2 is 1.43 bits per heavy atom. The number of amides is 1. The molecule has 0 bridgehead atoms. The third-order valence-electron chi connectivity index (χ3n) is 7.17. The van der Waals surface area contributed by atoms with E-state index in [1.165, 1.54) is 4.90 Å². The number of rotatable bonds is 6. The summed E-state index contributed by atoms with van der Waals surface area (Å²) in [5.41, 5.74) is -6.02. The van der Waals surface area contributed by atoms with Gasteiger partial charge in [-0.15, -0.1) is 0 Å². The molecule has 0 spiro atoms. The molecular weight excluding hydrogens is 527 g/mol. The van der Waals surface area contributed by atoms with E-state index in [0.717, 1.165) is 0 Å². The van der Waals surface area contributed by atoms with Crippen LogP contribution in [-0.2, 0) is 32.0 Å². The lowest BCUT2D eigenvalue weighted by Gasteiger charge is -2.46. The number of hydrogen-bond donors (Lipinski definition) is 0. The number of halogens is 3. The Morgan fingerprint density at radius 1 is 0.943 bits per heavy atom. The fourth-order valence-electron chi connectivity index (χ4n) is 5.34. The lowest BCUT2D eigenvalue weighted by atomic mass is 9.95. The molecule has 3 aliphatic rings. The van der Waals surface area contributed by atoms with Crippen LogP contribution in [0.5, 0.6) is 0 Å². The lowest BCUT2D eigenvalue weighted by Crippen LogP contribution is -2.65. The lowest BCUT2D eigenvalue weighted by molar-refractivity contribution is -0.105. The van der Waals surface area contributed by atoms with Crippen LogP contribution in [0.4, 0.5) is 18.0 Å². The second kappa shape index (κ2) is 9.55. The van der Waals surface area contributed by atoms with Gasteiger partial charge in [-0.1, -0.05) is 55.4 Å². The Hall–Kier alpha value is -0.716. The molecule has 3 aliphatic heterocycles. The van der Waals surface area contributed by atoms with Crippen LogP contribution in [0.25, 0.3) is 0 Å². The number of fused-ring (bicyclic) bond motifs is 2. The van der Waals surface area contributed by atoms with E-state index in [1.807, 2.05) is 55.4 Å². The quantitative estimate of drug-likeness (QED) is 0.267. The first-order chi connectivity index (χ1) is 15.9. The van der Waals surface area contributed by atoms with Crippen LogP contribution in [0.3, 0.4) is 0 Å². The number of piperidine rings is 1. The molecule has 1 unspecified atom stereocenters. The molecule has 3 fully saturated rings. The Bertz CT molecular complexity index is 899. The average molecular weight is 564 g/mol. The van der Waals surface area contributed by atoms with Gasteiger partial charge in [-0.05, 0) is 22.2 Å². The minimum atomic E-state index is -6.00. The van der Waals surface area contributed by atoms with Crippen LogP contribution >= 0.6 is 0 Å². The van der Waals surface area contributed by atoms with E-state index in [2.05, 4.69) is 0 Å². The predicted octanol–water partition coefficient (Wildman–Crippen LogP) is 4.38. The smallest absolute Gasteiger partial charge is 0.447 e. The summed E-state index contributed by atoms with van der Waals surface area (Å²) in [5, 5.41) is 0. The molecule has 15 heteroatoms. The molecule has 0 radical (unpaired) electrons. The summed E-state index contributed by atoms with van der Waals surface area (Å²) in [6.07, 6.45) is -4.60. The van der Waals surface area contributed by atoms with Crippen LogP contribution < -0.4 is 0 Å². The zero-order valence-electron chi connectivity index (χ0n) is 21.3. The van der Waals surface area contributed by atoms with Crippen LogP contribution in [0.15, 0.2) is 0 Å². The summed E-state index contributed by atoms with van der Waals surface area (Å²) in [4.78, 5) is 13.6. The van der Waals surface area contributed by atoms with Gasteiger partial charge in [0.15, 0.2) is 0 Å². The van der Waals surface area contributed by atoms with Crippen molar-refractivity contribution in [1.82, 2.24) is 4.90 Å². The van der Waals surface area contributed by atoms with E-state index in [4.69, 9.17) is 21.9 Å². The number of carbonyl (C=O) groups excluding carboxylic acids is 1. The van der Waals surface area contributed by atoms with Crippen LogP contribution in [0.1, 0.15) is 55.4 Å². The molecule has 0 N–H and O–H groups in total. The molecule has 4 atom stereocenters. The minimum Gasteiger partial charge on any atom is -0.447 e. The van der Waals surface area contributed by atoms with Gasteiger partial charge in [0.1, 0.15) is 18.8 Å². The summed E-state index contributed by atoms with van der Waals surface area (Å²) in [7, 11) is -12.4. The van der Waals surface area contributed by atoms with Gasteiger partial charge < -0.3 is 17.7 Å². The van der Waals surface area contributed by atoms with E-state index in [0.29, 0.717) is 0 Å². The number of carbonyl (C=O) groups is 1. The van der Waals surface area contributed by atoms with E-state index in [9.17, 15) is 26.4 Å². The third kappa shape index (κ3) is 4.81. The molecule has 0 aromatic rings. The molecule has 9 nitrogen and oxygen atoms in total. The molecule has 204 valence electrons. The van der Waals surface area contributed by atoms with E-state index in [-0.39, 0.29) is 35.3 Å². The first kappa shape index (κ1) is 28.8. The topological polar surface area (TPSA) is 101 Å². The maximum Gasteiger partial charge on any atom is 0.523 e. The number of cyclic esters (lactones) is 1. The van der Waals surface area contributed by atoms with Crippen molar-refractivity contribution in [2.75, 3.05) is 13.2 Å². The number of ether oxygens (including phenoxy) is 1. The van der Waals surface area contributed by atoms with Crippen molar-refractivity contribution in [3.8, 4) is 0 Å². The molecule has 1 amide bonds. The Balaban J connectivity index is 2.21. The predicted molar refractivity (Wildman–Crippen MR) is 124 cm³/mol. The standard InChI is InChI=1S/C20H36F3NO8SSi2/c1-11(2)34(12(3)4)30-16-9-24-15(10-28-19(24)25)17(29-33(26,27)20(21,22)23)18(16)31-35(32-34,13(5)6)14(7)8/h11-18H,9-10H2,1-8H3/t15?,16-,17+,18+/m0/s1. The Labute approximate surface area is 207 Å². The molecule has 0 aliphatic carbocycles. The van der Waals surface area contributed by atoms with Gasteiger partial charge in [0, 0.05) is 0 Å². The molecule has 3 rings (SSSR count). The van der Waals surface area contributed by atoms with Crippen LogP contribution in [-0.4, -0.2) is 79.5 Å². The van der Waals surface area contributed by atoms with Gasteiger partial charge in [-0.3, -0.25) is 9.08 Å². The molecule has 0 aromatic carbocycles. The Morgan fingerprint density at radius 3 is 1.89 bits per heavy atom. The molecule has 0 saturated carbocycles. The van der Waals surface area contributed by atoms with Crippen LogP contribution in [0, 0.1) is 0 Å². The van der Waals surface area contributed by atoms with Crippen molar-refractivity contribution >= 4 is 33.3 Å².